The minimum absolute atomic E-state index is 0.0152. The molecule has 0 bridgehead atoms. The second-order valence-corrected chi connectivity index (χ2v) is 12.3. The fourth-order valence-electron chi connectivity index (χ4n) is 3.96. The average Bonchev–Trinajstić information content (AvgIpc) is 2.94. The first-order chi connectivity index (χ1) is 18.6. The van der Waals surface area contributed by atoms with Gasteiger partial charge in [0, 0.05) is 26.6 Å². The summed E-state index contributed by atoms with van der Waals surface area (Å²) in [6.45, 7) is 0.513. The summed E-state index contributed by atoms with van der Waals surface area (Å²) in [4.78, 5) is 24.3. The van der Waals surface area contributed by atoms with Gasteiger partial charge in [0.05, 0.1) is 16.0 Å². The van der Waals surface area contributed by atoms with Crippen molar-refractivity contribution in [3.63, 3.8) is 0 Å². The van der Waals surface area contributed by atoms with Gasteiger partial charge in [-0.25, -0.2) is 22.3 Å². The van der Waals surface area contributed by atoms with Gasteiger partial charge in [0.1, 0.15) is 11.8 Å². The van der Waals surface area contributed by atoms with Gasteiger partial charge in [-0.05, 0) is 54.1 Å². The number of nitrogens with one attached hydrogen (secondary N) is 1. The Labute approximate surface area is 226 Å². The third kappa shape index (κ3) is 6.57. The van der Waals surface area contributed by atoms with Crippen molar-refractivity contribution < 1.29 is 31.2 Å². The Hall–Kier alpha value is -3.91. The number of esters is 1. The third-order valence-electron chi connectivity index (χ3n) is 5.86. The number of benzene rings is 3. The molecule has 1 atom stereocenters. The molecule has 1 heterocycles. The van der Waals surface area contributed by atoms with Crippen LogP contribution in [0.5, 0.6) is 5.75 Å². The van der Waals surface area contributed by atoms with E-state index in [4.69, 9.17) is 4.74 Å². The van der Waals surface area contributed by atoms with Gasteiger partial charge in [-0.2, -0.15) is 13.7 Å². The number of nitrogens with zero attached hydrogens (tertiary/aromatic N) is 3. The first-order valence-corrected chi connectivity index (χ1v) is 14.7. The summed E-state index contributed by atoms with van der Waals surface area (Å²) in [7, 11) is -8.10. The Bertz CT molecular complexity index is 1560. The Kier molecular flexibility index (Phi) is 8.55. The Morgan fingerprint density at radius 1 is 0.846 bits per heavy atom. The number of hydrogen-bond acceptors (Lipinski definition) is 8. The molecule has 11 nitrogen and oxygen atoms in total. The molecule has 4 rings (SSSR count). The molecule has 204 valence electrons. The van der Waals surface area contributed by atoms with Crippen LogP contribution in [0.15, 0.2) is 99.8 Å². The largest absolute Gasteiger partial charge is 0.427 e. The number of sulfonamides is 2. The van der Waals surface area contributed by atoms with Crippen LogP contribution in [-0.2, 0) is 29.6 Å². The van der Waals surface area contributed by atoms with Crippen LogP contribution in [0.3, 0.4) is 0 Å². The van der Waals surface area contributed by atoms with Gasteiger partial charge in [0.2, 0.25) is 20.0 Å². The van der Waals surface area contributed by atoms with Crippen LogP contribution in [0, 0.1) is 0 Å². The number of piperazine rings is 1. The van der Waals surface area contributed by atoms with E-state index in [0.717, 1.165) is 8.61 Å². The molecule has 1 aliphatic rings. The smallest absolute Gasteiger partial charge is 0.308 e. The summed E-state index contributed by atoms with van der Waals surface area (Å²) >= 11 is 0. The minimum atomic E-state index is -4.12. The maximum absolute atomic E-state index is 13.4. The summed E-state index contributed by atoms with van der Waals surface area (Å²) in [5.74, 6) is -0.919. The molecule has 0 saturated carbocycles. The molecule has 1 fully saturated rings. The lowest BCUT2D eigenvalue weighted by atomic mass is 10.2. The van der Waals surface area contributed by atoms with E-state index in [9.17, 15) is 26.4 Å². The lowest BCUT2D eigenvalue weighted by Crippen LogP contribution is -2.60. The summed E-state index contributed by atoms with van der Waals surface area (Å²) < 4.78 is 60.4. The molecule has 3 aromatic carbocycles. The topological polar surface area (TPSA) is 143 Å². The molecule has 0 unspecified atom stereocenters. The minimum Gasteiger partial charge on any atom is -0.427 e. The normalized spacial score (nSPS) is 17.1. The molecule has 1 N–H and O–H groups in total. The van der Waals surface area contributed by atoms with E-state index in [1.807, 2.05) is 0 Å². The molecular formula is C26H26N4O7S2. The quantitative estimate of drug-likeness (QED) is 0.188. The molecule has 0 aliphatic carbocycles. The molecule has 3 aromatic rings. The monoisotopic (exact) mass is 570 g/mol. The van der Waals surface area contributed by atoms with Crippen LogP contribution in [0.2, 0.25) is 0 Å². The van der Waals surface area contributed by atoms with Crippen LogP contribution < -0.4 is 10.2 Å². The average molecular weight is 571 g/mol. The molecule has 0 aromatic heterocycles. The Morgan fingerprint density at radius 3 is 1.97 bits per heavy atom. The summed E-state index contributed by atoms with van der Waals surface area (Å²) in [6.07, 6.45) is 1.33. The van der Waals surface area contributed by atoms with Gasteiger partial charge in [-0.3, -0.25) is 9.59 Å². The van der Waals surface area contributed by atoms with Crippen molar-refractivity contribution in [2.45, 2.75) is 22.8 Å². The summed E-state index contributed by atoms with van der Waals surface area (Å²) in [6, 6.07) is 20.3. The van der Waals surface area contributed by atoms with E-state index >= 15 is 0 Å². The van der Waals surface area contributed by atoms with Crippen molar-refractivity contribution in [2.75, 3.05) is 19.6 Å². The SMILES string of the molecule is CC(=O)Oc1ccc(/C=N\NC(=O)[C@H]2CN(S(=O)(=O)c3ccccc3)CCN2S(=O)(=O)c2ccccc2)cc1. The zero-order valence-corrected chi connectivity index (χ0v) is 22.5. The van der Waals surface area contributed by atoms with Gasteiger partial charge in [-0.15, -0.1) is 0 Å². The first kappa shape index (κ1) is 28.1. The van der Waals surface area contributed by atoms with Crippen molar-refractivity contribution in [1.29, 1.82) is 0 Å². The van der Waals surface area contributed by atoms with E-state index < -0.39 is 44.5 Å². The molecule has 1 amide bonds. The lowest BCUT2D eigenvalue weighted by molar-refractivity contribution is -0.132. The van der Waals surface area contributed by atoms with Crippen molar-refractivity contribution in [3.05, 3.63) is 90.5 Å². The van der Waals surface area contributed by atoms with Gasteiger partial charge in [-0.1, -0.05) is 36.4 Å². The molecule has 39 heavy (non-hydrogen) atoms. The molecule has 13 heteroatoms. The molecular weight excluding hydrogens is 544 g/mol. The van der Waals surface area contributed by atoms with Crippen LogP contribution in [0.1, 0.15) is 12.5 Å². The number of hydrogen-bond donors (Lipinski definition) is 1. The second-order valence-electron chi connectivity index (χ2n) is 8.52. The number of hydrazone groups is 1. The van der Waals surface area contributed by atoms with Crippen molar-refractivity contribution in [2.24, 2.45) is 5.10 Å². The van der Waals surface area contributed by atoms with Crippen LogP contribution >= 0.6 is 0 Å². The molecule has 0 spiro atoms. The van der Waals surface area contributed by atoms with E-state index in [1.54, 1.807) is 60.7 Å². The number of carbonyl (C=O) groups is 2. The van der Waals surface area contributed by atoms with Crippen molar-refractivity contribution >= 4 is 38.1 Å². The maximum Gasteiger partial charge on any atom is 0.308 e. The summed E-state index contributed by atoms with van der Waals surface area (Å²) in [5, 5.41) is 3.92. The Morgan fingerprint density at radius 2 is 1.41 bits per heavy atom. The number of ether oxygens (including phenoxy) is 1. The van der Waals surface area contributed by atoms with Crippen molar-refractivity contribution in [3.8, 4) is 5.75 Å². The molecule has 0 radical (unpaired) electrons. The number of amides is 1. The van der Waals surface area contributed by atoms with Gasteiger partial charge in [0.15, 0.2) is 0 Å². The van der Waals surface area contributed by atoms with Gasteiger partial charge < -0.3 is 4.74 Å². The maximum atomic E-state index is 13.4. The van der Waals surface area contributed by atoms with Crippen molar-refractivity contribution in [1.82, 2.24) is 14.0 Å². The van der Waals surface area contributed by atoms with Gasteiger partial charge in [0.25, 0.3) is 5.91 Å². The summed E-state index contributed by atoms with van der Waals surface area (Å²) in [5.41, 5.74) is 2.90. The lowest BCUT2D eigenvalue weighted by Gasteiger charge is -2.38. The van der Waals surface area contributed by atoms with Gasteiger partial charge >= 0.3 is 5.97 Å². The highest BCUT2D eigenvalue weighted by Crippen LogP contribution is 2.25. The number of carbonyl (C=O) groups excluding carboxylic acids is 2. The molecule has 1 aliphatic heterocycles. The van der Waals surface area contributed by atoms with Crippen LogP contribution in [0.25, 0.3) is 0 Å². The van der Waals surface area contributed by atoms with E-state index in [2.05, 4.69) is 10.5 Å². The Balaban J connectivity index is 1.57. The fraction of sp³-hybridized carbons (Fsp3) is 0.192. The standard InChI is InChI=1S/C26H26N4O7S2/c1-20(31)37-22-14-12-21(13-15-22)18-27-28-26(32)25-19-29(38(33,34)23-8-4-2-5-9-23)16-17-30(25)39(35,36)24-10-6-3-7-11-24/h2-15,18,25H,16-17,19H2,1H3,(H,28,32)/b27-18-/t25-/m1/s1. The fourth-order valence-corrected chi connectivity index (χ4v) is 7.01. The third-order valence-corrected chi connectivity index (χ3v) is 9.66. The second kappa shape index (κ2) is 11.9. The number of rotatable bonds is 8. The van der Waals surface area contributed by atoms with E-state index in [-0.39, 0.29) is 22.9 Å². The highest BCUT2D eigenvalue weighted by atomic mass is 32.2. The van der Waals surface area contributed by atoms with Crippen LogP contribution in [0.4, 0.5) is 0 Å². The highest BCUT2D eigenvalue weighted by Gasteiger charge is 2.43. The first-order valence-electron chi connectivity index (χ1n) is 11.8. The van der Waals surface area contributed by atoms with E-state index in [0.29, 0.717) is 11.3 Å². The predicted octanol–water partition coefficient (Wildman–Crippen LogP) is 1.83. The predicted molar refractivity (Wildman–Crippen MR) is 143 cm³/mol. The van der Waals surface area contributed by atoms with E-state index in [1.165, 1.54) is 37.4 Å². The molecule has 1 saturated heterocycles. The zero-order chi connectivity index (χ0) is 28.0. The highest BCUT2D eigenvalue weighted by molar-refractivity contribution is 7.89. The van der Waals surface area contributed by atoms with Crippen LogP contribution in [-0.4, -0.2) is 69.2 Å². The zero-order valence-electron chi connectivity index (χ0n) is 20.9.